The van der Waals surface area contributed by atoms with Crippen molar-refractivity contribution in [3.05, 3.63) is 24.5 Å². The highest BCUT2D eigenvalue weighted by Crippen LogP contribution is 2.35. The summed E-state index contributed by atoms with van der Waals surface area (Å²) in [6.07, 6.45) is 0.418. The van der Waals surface area contributed by atoms with E-state index in [2.05, 4.69) is 16.0 Å². The first-order valence-electron chi connectivity index (χ1n) is 9.08. The Balaban J connectivity index is 0.000000370. The van der Waals surface area contributed by atoms with Gasteiger partial charge in [-0.15, -0.1) is 0 Å². The van der Waals surface area contributed by atoms with Crippen molar-refractivity contribution in [3.63, 3.8) is 0 Å². The lowest BCUT2D eigenvalue weighted by molar-refractivity contribution is -0.192. The Morgan fingerprint density at radius 2 is 1.90 bits per heavy atom. The lowest BCUT2D eigenvalue weighted by Gasteiger charge is -2.42. The molecular formula is C18H24F3N3O5. The summed E-state index contributed by atoms with van der Waals surface area (Å²) >= 11 is 0. The van der Waals surface area contributed by atoms with E-state index in [-0.39, 0.29) is 11.3 Å². The van der Waals surface area contributed by atoms with Crippen molar-refractivity contribution in [2.75, 3.05) is 50.9 Å². The van der Waals surface area contributed by atoms with Gasteiger partial charge in [0, 0.05) is 37.8 Å². The molecule has 0 unspecified atom stereocenters. The summed E-state index contributed by atoms with van der Waals surface area (Å²) in [5.74, 6) is -2.93. The van der Waals surface area contributed by atoms with Gasteiger partial charge in [-0.3, -0.25) is 9.78 Å². The number of anilines is 1. The molecule has 0 aliphatic carbocycles. The third-order valence-corrected chi connectivity index (χ3v) is 5.01. The van der Waals surface area contributed by atoms with E-state index in [9.17, 15) is 18.0 Å². The summed E-state index contributed by atoms with van der Waals surface area (Å²) in [4.78, 5) is 28.8. The zero-order valence-electron chi connectivity index (χ0n) is 15.8. The van der Waals surface area contributed by atoms with E-state index in [1.807, 2.05) is 12.3 Å². The number of carbonyl (C=O) groups excluding carboxylic acids is 1. The van der Waals surface area contributed by atoms with Crippen molar-refractivity contribution in [2.45, 2.75) is 19.0 Å². The van der Waals surface area contributed by atoms with Gasteiger partial charge in [0.2, 0.25) is 5.91 Å². The van der Waals surface area contributed by atoms with Crippen LogP contribution in [0.2, 0.25) is 0 Å². The van der Waals surface area contributed by atoms with Crippen LogP contribution in [-0.2, 0) is 14.3 Å². The molecule has 8 nitrogen and oxygen atoms in total. The van der Waals surface area contributed by atoms with Crippen molar-refractivity contribution in [1.82, 2.24) is 9.88 Å². The van der Waals surface area contributed by atoms with E-state index in [4.69, 9.17) is 19.7 Å². The van der Waals surface area contributed by atoms with Crippen LogP contribution >= 0.6 is 0 Å². The summed E-state index contributed by atoms with van der Waals surface area (Å²) in [5.41, 5.74) is 1.21. The quantitative estimate of drug-likeness (QED) is 0.741. The zero-order valence-corrected chi connectivity index (χ0v) is 15.8. The van der Waals surface area contributed by atoms with Crippen LogP contribution in [0.15, 0.2) is 24.5 Å². The molecule has 3 rings (SSSR count). The Morgan fingerprint density at radius 3 is 2.41 bits per heavy atom. The van der Waals surface area contributed by atoms with Crippen molar-refractivity contribution < 1.29 is 37.7 Å². The number of amides is 1. The Morgan fingerprint density at radius 1 is 1.24 bits per heavy atom. The van der Waals surface area contributed by atoms with Crippen molar-refractivity contribution in [3.8, 4) is 0 Å². The van der Waals surface area contributed by atoms with Gasteiger partial charge in [0.1, 0.15) is 6.61 Å². The third kappa shape index (κ3) is 6.57. The number of hydrogen-bond donors (Lipinski definition) is 2. The molecule has 0 aromatic carbocycles. The number of alkyl halides is 3. The molecule has 2 fully saturated rings. The number of carboxylic acid groups (broad SMARTS) is 1. The fourth-order valence-corrected chi connectivity index (χ4v) is 3.39. The van der Waals surface area contributed by atoms with Crippen molar-refractivity contribution in [2.24, 2.45) is 5.41 Å². The van der Waals surface area contributed by atoms with Crippen LogP contribution in [0.4, 0.5) is 18.9 Å². The average molecular weight is 419 g/mol. The molecule has 2 aliphatic heterocycles. The molecule has 0 radical (unpaired) electrons. The smallest absolute Gasteiger partial charge is 0.475 e. The minimum atomic E-state index is -5.08. The van der Waals surface area contributed by atoms with Gasteiger partial charge in [0.25, 0.3) is 0 Å². The molecule has 1 aromatic rings. The monoisotopic (exact) mass is 419 g/mol. The first-order valence-corrected chi connectivity index (χ1v) is 9.08. The first kappa shape index (κ1) is 22.9. The number of carbonyl (C=O) groups is 2. The number of nitrogens with zero attached hydrogens (tertiary/aromatic N) is 3. The number of aromatic nitrogens is 1. The number of hydrogen-bond acceptors (Lipinski definition) is 6. The van der Waals surface area contributed by atoms with E-state index in [1.165, 1.54) is 0 Å². The van der Waals surface area contributed by atoms with Crippen molar-refractivity contribution in [1.29, 1.82) is 0 Å². The third-order valence-electron chi connectivity index (χ3n) is 5.01. The van der Waals surface area contributed by atoms with Gasteiger partial charge in [-0.1, -0.05) is 0 Å². The minimum Gasteiger partial charge on any atom is -0.475 e. The number of rotatable bonds is 2. The highest BCUT2D eigenvalue weighted by Gasteiger charge is 2.39. The molecule has 0 atom stereocenters. The van der Waals surface area contributed by atoms with Crippen LogP contribution < -0.4 is 4.90 Å². The van der Waals surface area contributed by atoms with E-state index in [1.54, 1.807) is 11.1 Å². The summed E-state index contributed by atoms with van der Waals surface area (Å²) < 4.78 is 37.6. The highest BCUT2D eigenvalue weighted by molar-refractivity contribution is 5.77. The Hall–Kier alpha value is -2.40. The number of likely N-dealkylation sites (tertiary alicyclic amines) is 1. The SMILES string of the molecule is O=C(CO)N1CCC2(CC1)COCCN(c1cccnc1)C2.O=C(O)C(F)(F)F. The predicted octanol–water partition coefficient (Wildman–Crippen LogP) is 1.15. The fourth-order valence-electron chi connectivity index (χ4n) is 3.39. The molecule has 2 saturated heterocycles. The highest BCUT2D eigenvalue weighted by atomic mass is 19.4. The lowest BCUT2D eigenvalue weighted by Crippen LogP contribution is -2.49. The van der Waals surface area contributed by atoms with Crippen LogP contribution in [0.3, 0.4) is 0 Å². The molecule has 11 heteroatoms. The van der Waals surface area contributed by atoms with Gasteiger partial charge in [-0.25, -0.2) is 4.79 Å². The van der Waals surface area contributed by atoms with Gasteiger partial charge >= 0.3 is 12.1 Å². The minimum absolute atomic E-state index is 0.0819. The zero-order chi connectivity index (χ0) is 21.5. The Bertz CT molecular complexity index is 679. The van der Waals surface area contributed by atoms with Crippen LogP contribution in [0.25, 0.3) is 0 Å². The molecule has 29 heavy (non-hydrogen) atoms. The largest absolute Gasteiger partial charge is 0.490 e. The van der Waals surface area contributed by atoms with Crippen LogP contribution in [0, 0.1) is 5.41 Å². The van der Waals surface area contributed by atoms with Gasteiger partial charge in [-0.05, 0) is 25.0 Å². The topological polar surface area (TPSA) is 103 Å². The molecule has 2 aliphatic rings. The Kier molecular flexibility index (Phi) is 7.80. The van der Waals surface area contributed by atoms with Gasteiger partial charge in [0.05, 0.1) is 25.1 Å². The number of aliphatic carboxylic acids is 1. The number of ether oxygens (including phenoxy) is 1. The van der Waals surface area contributed by atoms with E-state index in [0.29, 0.717) is 13.1 Å². The molecule has 1 amide bonds. The number of aliphatic hydroxyl groups excluding tert-OH is 1. The average Bonchev–Trinajstić information content (AvgIpc) is 2.91. The second-order valence-electron chi connectivity index (χ2n) is 7.03. The second kappa shape index (κ2) is 9.88. The molecule has 3 heterocycles. The first-order chi connectivity index (χ1) is 13.7. The molecule has 0 bridgehead atoms. The fraction of sp³-hybridized carbons (Fsp3) is 0.611. The summed E-state index contributed by atoms with van der Waals surface area (Å²) in [7, 11) is 0. The van der Waals surface area contributed by atoms with E-state index in [0.717, 1.165) is 44.8 Å². The summed E-state index contributed by atoms with van der Waals surface area (Å²) in [6.45, 7) is 4.26. The van der Waals surface area contributed by atoms with Gasteiger partial charge in [0.15, 0.2) is 0 Å². The maximum absolute atomic E-state index is 11.6. The molecule has 0 saturated carbocycles. The van der Waals surface area contributed by atoms with Crippen LogP contribution in [0.1, 0.15) is 12.8 Å². The normalized spacial score (nSPS) is 19.2. The number of piperidine rings is 1. The van der Waals surface area contributed by atoms with E-state index >= 15 is 0 Å². The maximum Gasteiger partial charge on any atom is 0.490 e. The Labute approximate surface area is 165 Å². The van der Waals surface area contributed by atoms with Crippen LogP contribution in [-0.4, -0.2) is 84.1 Å². The summed E-state index contributed by atoms with van der Waals surface area (Å²) in [5, 5.41) is 16.1. The summed E-state index contributed by atoms with van der Waals surface area (Å²) in [6, 6.07) is 4.03. The number of halogens is 3. The van der Waals surface area contributed by atoms with Gasteiger partial charge < -0.3 is 24.7 Å². The molecular weight excluding hydrogens is 395 g/mol. The second-order valence-corrected chi connectivity index (χ2v) is 7.03. The lowest BCUT2D eigenvalue weighted by atomic mass is 9.78. The van der Waals surface area contributed by atoms with Gasteiger partial charge in [-0.2, -0.15) is 13.2 Å². The van der Waals surface area contributed by atoms with Crippen LogP contribution in [0.5, 0.6) is 0 Å². The molecule has 162 valence electrons. The number of carboxylic acids is 1. The standard InChI is InChI=1S/C16H23N3O3.C2HF3O2/c20-11-15(21)18-6-3-16(4-7-18)12-19(8-9-22-13-16)14-2-1-5-17-10-14;3-2(4,5)1(6)7/h1-2,5,10,20H,3-4,6-9,11-13H2;(H,6,7). The number of aliphatic hydroxyl groups is 1. The van der Waals surface area contributed by atoms with E-state index < -0.39 is 18.8 Å². The number of pyridine rings is 1. The predicted molar refractivity (Wildman–Crippen MR) is 96.3 cm³/mol. The molecule has 1 aromatic heterocycles. The van der Waals surface area contributed by atoms with Crippen molar-refractivity contribution >= 4 is 17.6 Å². The maximum atomic E-state index is 11.6. The molecule has 1 spiro atoms. The molecule has 2 N–H and O–H groups in total.